The van der Waals surface area contributed by atoms with Crippen molar-refractivity contribution in [2.75, 3.05) is 6.61 Å². The highest BCUT2D eigenvalue weighted by atomic mass is 16.5. The first-order valence-electron chi connectivity index (χ1n) is 6.73. The third-order valence-corrected chi connectivity index (χ3v) is 2.76. The van der Waals surface area contributed by atoms with Crippen LogP contribution in [0.5, 0.6) is 5.75 Å². The van der Waals surface area contributed by atoms with Crippen molar-refractivity contribution in [3.05, 3.63) is 42.2 Å². The second-order valence-electron chi connectivity index (χ2n) is 4.68. The van der Waals surface area contributed by atoms with E-state index in [4.69, 9.17) is 9.47 Å². The van der Waals surface area contributed by atoms with E-state index in [1.807, 2.05) is 44.2 Å². The van der Waals surface area contributed by atoms with Crippen molar-refractivity contribution in [3.63, 3.8) is 0 Å². The van der Waals surface area contributed by atoms with Crippen LogP contribution >= 0.6 is 0 Å². The third-order valence-electron chi connectivity index (χ3n) is 2.76. The lowest BCUT2D eigenvalue weighted by Gasteiger charge is -2.10. The molecule has 0 aliphatic heterocycles. The molecule has 0 unspecified atom stereocenters. The van der Waals surface area contributed by atoms with Crippen molar-refractivity contribution in [1.82, 2.24) is 4.98 Å². The molecule has 0 atom stereocenters. The average Bonchev–Trinajstić information content (AvgIpc) is 2.88. The number of esters is 1. The quantitative estimate of drug-likeness (QED) is 0.846. The summed E-state index contributed by atoms with van der Waals surface area (Å²) in [5.74, 6) is 0.479. The first-order valence-corrected chi connectivity index (χ1v) is 6.73. The first kappa shape index (κ1) is 14.2. The highest BCUT2D eigenvalue weighted by molar-refractivity contribution is 5.95. The van der Waals surface area contributed by atoms with Gasteiger partial charge in [-0.25, -0.2) is 4.79 Å². The Morgan fingerprint density at radius 3 is 2.50 bits per heavy atom. The molecule has 0 aliphatic carbocycles. The largest absolute Gasteiger partial charge is 0.491 e. The van der Waals surface area contributed by atoms with Crippen LogP contribution < -0.4 is 4.74 Å². The Bertz CT molecular complexity index is 570. The minimum atomic E-state index is -0.338. The molecular weight excluding hydrogens is 254 g/mol. The fourth-order valence-corrected chi connectivity index (χ4v) is 1.97. The summed E-state index contributed by atoms with van der Waals surface area (Å²) in [6.07, 6.45) is 1.88. The minimum Gasteiger partial charge on any atom is -0.491 e. The maximum Gasteiger partial charge on any atom is 0.355 e. The van der Waals surface area contributed by atoms with Crippen LogP contribution in [-0.4, -0.2) is 23.7 Å². The molecule has 0 saturated heterocycles. The molecule has 1 N–H and O–H groups in total. The summed E-state index contributed by atoms with van der Waals surface area (Å²) < 4.78 is 10.6. The van der Waals surface area contributed by atoms with Gasteiger partial charge < -0.3 is 14.5 Å². The Balaban J connectivity index is 2.24. The Labute approximate surface area is 118 Å². The van der Waals surface area contributed by atoms with Crippen molar-refractivity contribution < 1.29 is 14.3 Å². The van der Waals surface area contributed by atoms with Gasteiger partial charge in [-0.05, 0) is 44.5 Å². The van der Waals surface area contributed by atoms with Crippen molar-refractivity contribution in [3.8, 4) is 16.9 Å². The minimum absolute atomic E-state index is 0.142. The lowest BCUT2D eigenvalue weighted by Crippen LogP contribution is -2.06. The van der Waals surface area contributed by atoms with Gasteiger partial charge in [-0.1, -0.05) is 12.1 Å². The van der Waals surface area contributed by atoms with Crippen LogP contribution in [-0.2, 0) is 4.74 Å². The van der Waals surface area contributed by atoms with Gasteiger partial charge in [0.2, 0.25) is 0 Å². The molecule has 1 heterocycles. The second-order valence-corrected chi connectivity index (χ2v) is 4.68. The van der Waals surface area contributed by atoms with E-state index in [9.17, 15) is 4.79 Å². The van der Waals surface area contributed by atoms with Gasteiger partial charge in [0.05, 0.1) is 12.7 Å². The molecule has 4 heteroatoms. The molecule has 1 aromatic carbocycles. The zero-order valence-corrected chi connectivity index (χ0v) is 12.0. The second kappa shape index (κ2) is 6.28. The van der Waals surface area contributed by atoms with E-state index in [2.05, 4.69) is 4.98 Å². The van der Waals surface area contributed by atoms with Gasteiger partial charge in [0.15, 0.2) is 0 Å². The number of hydrogen-bond donors (Lipinski definition) is 1. The number of carbonyl (C=O) groups excluding carboxylic acids is 1. The molecule has 1 aromatic heterocycles. The van der Waals surface area contributed by atoms with Gasteiger partial charge in [-0.15, -0.1) is 0 Å². The molecule has 0 saturated carbocycles. The van der Waals surface area contributed by atoms with Crippen LogP contribution in [0.25, 0.3) is 11.1 Å². The molecule has 4 nitrogen and oxygen atoms in total. The molecule has 2 rings (SSSR count). The van der Waals surface area contributed by atoms with Gasteiger partial charge in [0.25, 0.3) is 0 Å². The highest BCUT2D eigenvalue weighted by Gasteiger charge is 2.15. The van der Waals surface area contributed by atoms with Crippen molar-refractivity contribution in [2.45, 2.75) is 26.9 Å². The summed E-state index contributed by atoms with van der Waals surface area (Å²) in [7, 11) is 0. The third kappa shape index (κ3) is 3.20. The predicted octanol–water partition coefficient (Wildman–Crippen LogP) is 3.65. The summed E-state index contributed by atoms with van der Waals surface area (Å²) in [4.78, 5) is 14.8. The van der Waals surface area contributed by atoms with Crippen molar-refractivity contribution in [1.29, 1.82) is 0 Å². The smallest absolute Gasteiger partial charge is 0.355 e. The molecule has 0 aliphatic rings. The number of carbonyl (C=O) groups is 1. The van der Waals surface area contributed by atoms with Gasteiger partial charge in [-0.3, -0.25) is 0 Å². The van der Waals surface area contributed by atoms with E-state index >= 15 is 0 Å². The SMILES string of the molecule is CCOC(=O)c1[nH]ccc1-c1ccc(OC(C)C)cc1. The molecule has 0 spiro atoms. The molecule has 0 radical (unpaired) electrons. The average molecular weight is 273 g/mol. The number of hydrogen-bond acceptors (Lipinski definition) is 3. The first-order chi connectivity index (χ1) is 9.61. The lowest BCUT2D eigenvalue weighted by molar-refractivity contribution is 0.0521. The van der Waals surface area contributed by atoms with Crippen LogP contribution in [0.1, 0.15) is 31.3 Å². The summed E-state index contributed by atoms with van der Waals surface area (Å²) in [5, 5.41) is 0. The summed E-state index contributed by atoms with van der Waals surface area (Å²) in [6, 6.07) is 9.53. The summed E-state index contributed by atoms with van der Waals surface area (Å²) >= 11 is 0. The van der Waals surface area contributed by atoms with Crippen LogP contribution in [0.4, 0.5) is 0 Å². The maximum atomic E-state index is 11.8. The molecular formula is C16H19NO3. The normalized spacial score (nSPS) is 10.6. The number of benzene rings is 1. The Kier molecular flexibility index (Phi) is 4.45. The van der Waals surface area contributed by atoms with Crippen LogP contribution in [0, 0.1) is 0 Å². The van der Waals surface area contributed by atoms with Gasteiger partial charge in [0.1, 0.15) is 11.4 Å². The van der Waals surface area contributed by atoms with Gasteiger partial charge in [0, 0.05) is 11.8 Å². The number of H-pyrrole nitrogens is 1. The molecule has 2 aromatic rings. The monoisotopic (exact) mass is 273 g/mol. The van der Waals surface area contributed by atoms with Crippen molar-refractivity contribution in [2.24, 2.45) is 0 Å². The number of nitrogens with one attached hydrogen (secondary N) is 1. The number of rotatable bonds is 5. The predicted molar refractivity (Wildman–Crippen MR) is 77.9 cm³/mol. The van der Waals surface area contributed by atoms with Crippen LogP contribution in [0.3, 0.4) is 0 Å². The topological polar surface area (TPSA) is 51.3 Å². The van der Waals surface area contributed by atoms with E-state index in [0.29, 0.717) is 12.3 Å². The van der Waals surface area contributed by atoms with E-state index in [0.717, 1.165) is 16.9 Å². The summed E-state index contributed by atoms with van der Waals surface area (Å²) in [6.45, 7) is 6.12. The fourth-order valence-electron chi connectivity index (χ4n) is 1.97. The Morgan fingerprint density at radius 1 is 1.20 bits per heavy atom. The van der Waals surface area contributed by atoms with Gasteiger partial charge in [-0.2, -0.15) is 0 Å². The van der Waals surface area contributed by atoms with Crippen LogP contribution in [0.15, 0.2) is 36.5 Å². The van der Waals surface area contributed by atoms with Gasteiger partial charge >= 0.3 is 5.97 Å². The number of aromatic amines is 1. The highest BCUT2D eigenvalue weighted by Crippen LogP contribution is 2.26. The molecule has 0 amide bonds. The molecule has 0 fully saturated rings. The summed E-state index contributed by atoms with van der Waals surface area (Å²) in [5.41, 5.74) is 2.26. The van der Waals surface area contributed by atoms with E-state index in [-0.39, 0.29) is 12.1 Å². The van der Waals surface area contributed by atoms with E-state index < -0.39 is 0 Å². The van der Waals surface area contributed by atoms with E-state index in [1.165, 1.54) is 0 Å². The van der Waals surface area contributed by atoms with E-state index in [1.54, 1.807) is 13.1 Å². The Hall–Kier alpha value is -2.23. The number of ether oxygens (including phenoxy) is 2. The van der Waals surface area contributed by atoms with Crippen molar-refractivity contribution >= 4 is 5.97 Å². The lowest BCUT2D eigenvalue weighted by atomic mass is 10.1. The number of aromatic nitrogens is 1. The molecule has 106 valence electrons. The standard InChI is InChI=1S/C16H19NO3/c1-4-19-16(18)15-14(9-10-17-15)12-5-7-13(8-6-12)20-11(2)3/h5-11,17H,4H2,1-3H3. The van der Waals surface area contributed by atoms with Crippen LogP contribution in [0.2, 0.25) is 0 Å². The molecule has 0 bridgehead atoms. The maximum absolute atomic E-state index is 11.8. The zero-order valence-electron chi connectivity index (χ0n) is 12.0. The fraction of sp³-hybridized carbons (Fsp3) is 0.312. The Morgan fingerprint density at radius 2 is 1.90 bits per heavy atom. The zero-order chi connectivity index (χ0) is 14.5. The molecule has 20 heavy (non-hydrogen) atoms.